The highest BCUT2D eigenvalue weighted by Crippen LogP contribution is 2.31. The number of nitrogens with zero attached hydrogens (tertiary/aromatic N) is 5. The smallest absolute Gasteiger partial charge is 0.223 e. The van der Waals surface area contributed by atoms with Crippen LogP contribution in [-0.2, 0) is 19.1 Å². The Kier molecular flexibility index (Phi) is 5.77. The van der Waals surface area contributed by atoms with Crippen LogP contribution in [0.4, 0.5) is 5.13 Å². The molecule has 3 fully saturated rings. The number of anilines is 1. The zero-order valence-electron chi connectivity index (χ0n) is 17.5. The lowest BCUT2D eigenvalue weighted by Crippen LogP contribution is -2.49. The number of piperazine rings is 1. The predicted molar refractivity (Wildman–Crippen MR) is 116 cm³/mol. The molecule has 2 aromatic rings. The van der Waals surface area contributed by atoms with Crippen LogP contribution in [0, 0.1) is 0 Å². The number of carbonyl (C=O) groups is 2. The number of aromatic nitrogens is 2. The number of hydrogen-bond donors (Lipinski definition) is 0. The summed E-state index contributed by atoms with van der Waals surface area (Å²) in [5.74, 6) is -0.386. The van der Waals surface area contributed by atoms with Crippen LogP contribution >= 0.6 is 11.3 Å². The molecule has 0 saturated carbocycles. The summed E-state index contributed by atoms with van der Waals surface area (Å²) in [6, 6.07) is 3.86. The van der Waals surface area contributed by atoms with Gasteiger partial charge in [0.05, 0.1) is 13.2 Å². The number of rotatable bonds is 4. The standard InChI is InChI=1S/C21H27N5O4S/c27-17(24-8-5-21(6-9-24)29-14-15-30-21)3-4-18(28)25-10-12-26(13-11-25)20-23-16-2-1-7-22-19(16)31-20/h1-2,7H,3-6,8-15H2. The third kappa shape index (κ3) is 4.37. The van der Waals surface area contributed by atoms with Gasteiger partial charge in [-0.15, -0.1) is 0 Å². The first-order valence-corrected chi connectivity index (χ1v) is 11.7. The normalized spacial score (nSPS) is 21.2. The Morgan fingerprint density at radius 1 is 0.968 bits per heavy atom. The number of likely N-dealkylation sites (tertiary alicyclic amines) is 1. The molecule has 5 heterocycles. The molecular formula is C21H27N5O4S. The van der Waals surface area contributed by atoms with Gasteiger partial charge in [0.25, 0.3) is 0 Å². The van der Waals surface area contributed by atoms with Crippen molar-refractivity contribution in [2.45, 2.75) is 31.5 Å². The van der Waals surface area contributed by atoms with Crippen LogP contribution in [0.1, 0.15) is 25.7 Å². The first-order valence-electron chi connectivity index (χ1n) is 10.9. The molecule has 3 saturated heterocycles. The van der Waals surface area contributed by atoms with Crippen LogP contribution in [0.15, 0.2) is 18.3 Å². The summed E-state index contributed by atoms with van der Waals surface area (Å²) in [5, 5.41) is 0.953. The van der Waals surface area contributed by atoms with Gasteiger partial charge in [-0.3, -0.25) is 9.59 Å². The Labute approximate surface area is 184 Å². The Balaban J connectivity index is 1.06. The van der Waals surface area contributed by atoms with Crippen LogP contribution in [0.2, 0.25) is 0 Å². The van der Waals surface area contributed by atoms with E-state index in [0.29, 0.717) is 52.2 Å². The molecule has 9 nitrogen and oxygen atoms in total. The van der Waals surface area contributed by atoms with Gasteiger partial charge in [0, 0.05) is 71.1 Å². The number of fused-ring (bicyclic) bond motifs is 1. The Hall–Kier alpha value is -2.30. The summed E-state index contributed by atoms with van der Waals surface area (Å²) in [4.78, 5) is 41.1. The summed E-state index contributed by atoms with van der Waals surface area (Å²) < 4.78 is 11.4. The maximum absolute atomic E-state index is 12.6. The van der Waals surface area contributed by atoms with E-state index in [9.17, 15) is 9.59 Å². The molecule has 166 valence electrons. The summed E-state index contributed by atoms with van der Waals surface area (Å²) in [6.07, 6.45) is 3.71. The van der Waals surface area contributed by atoms with E-state index in [4.69, 9.17) is 9.47 Å². The van der Waals surface area contributed by atoms with Crippen molar-refractivity contribution in [1.82, 2.24) is 19.8 Å². The highest BCUT2D eigenvalue weighted by atomic mass is 32.1. The minimum absolute atomic E-state index is 0.0433. The molecule has 31 heavy (non-hydrogen) atoms. The SMILES string of the molecule is O=C(CCC(=O)N1CCC2(CC1)OCCO2)N1CCN(c2nc3cccnc3s2)CC1. The van der Waals surface area contributed by atoms with Crippen molar-refractivity contribution < 1.29 is 19.1 Å². The summed E-state index contributed by atoms with van der Waals surface area (Å²) >= 11 is 1.58. The molecule has 0 atom stereocenters. The van der Waals surface area contributed by atoms with E-state index in [1.807, 2.05) is 21.9 Å². The van der Waals surface area contributed by atoms with E-state index in [-0.39, 0.29) is 24.7 Å². The quantitative estimate of drug-likeness (QED) is 0.704. The zero-order chi connectivity index (χ0) is 21.3. The van der Waals surface area contributed by atoms with Crippen molar-refractivity contribution in [2.75, 3.05) is 57.4 Å². The van der Waals surface area contributed by atoms with Crippen LogP contribution in [0.25, 0.3) is 10.3 Å². The highest BCUT2D eigenvalue weighted by Gasteiger charge is 2.40. The van der Waals surface area contributed by atoms with Gasteiger partial charge < -0.3 is 24.2 Å². The Bertz CT molecular complexity index is 909. The lowest BCUT2D eigenvalue weighted by Gasteiger charge is -2.37. The molecule has 1 spiro atoms. The topological polar surface area (TPSA) is 88.1 Å². The van der Waals surface area contributed by atoms with Gasteiger partial charge in [0.2, 0.25) is 11.8 Å². The zero-order valence-corrected chi connectivity index (χ0v) is 18.3. The summed E-state index contributed by atoms with van der Waals surface area (Å²) in [7, 11) is 0. The van der Waals surface area contributed by atoms with Crippen molar-refractivity contribution in [3.8, 4) is 0 Å². The van der Waals surface area contributed by atoms with E-state index in [1.54, 1.807) is 17.5 Å². The number of pyridine rings is 1. The molecule has 2 aromatic heterocycles. The molecule has 3 aliphatic heterocycles. The molecule has 0 radical (unpaired) electrons. The van der Waals surface area contributed by atoms with E-state index in [2.05, 4.69) is 14.9 Å². The van der Waals surface area contributed by atoms with Crippen molar-refractivity contribution in [2.24, 2.45) is 0 Å². The van der Waals surface area contributed by atoms with Crippen LogP contribution < -0.4 is 4.90 Å². The van der Waals surface area contributed by atoms with E-state index >= 15 is 0 Å². The molecule has 0 aliphatic carbocycles. The second kappa shape index (κ2) is 8.68. The van der Waals surface area contributed by atoms with E-state index < -0.39 is 5.79 Å². The Morgan fingerprint density at radius 2 is 1.61 bits per heavy atom. The number of piperidine rings is 1. The molecule has 0 N–H and O–H groups in total. The molecule has 2 amide bonds. The molecule has 0 aromatic carbocycles. The van der Waals surface area contributed by atoms with Gasteiger partial charge >= 0.3 is 0 Å². The van der Waals surface area contributed by atoms with Crippen molar-refractivity contribution in [3.05, 3.63) is 18.3 Å². The second-order valence-electron chi connectivity index (χ2n) is 8.18. The van der Waals surface area contributed by atoms with Gasteiger partial charge in [-0.05, 0) is 12.1 Å². The van der Waals surface area contributed by atoms with E-state index in [1.165, 1.54) is 0 Å². The van der Waals surface area contributed by atoms with Crippen molar-refractivity contribution in [3.63, 3.8) is 0 Å². The molecule has 0 bridgehead atoms. The maximum atomic E-state index is 12.6. The van der Waals surface area contributed by atoms with Gasteiger partial charge in [-0.2, -0.15) is 0 Å². The average molecular weight is 446 g/mol. The number of thiazole rings is 1. The van der Waals surface area contributed by atoms with Crippen LogP contribution in [0.5, 0.6) is 0 Å². The Morgan fingerprint density at radius 3 is 2.26 bits per heavy atom. The molecule has 10 heteroatoms. The number of amides is 2. The minimum Gasteiger partial charge on any atom is -0.347 e. The fraction of sp³-hybridized carbons (Fsp3) is 0.619. The monoisotopic (exact) mass is 445 g/mol. The lowest BCUT2D eigenvalue weighted by molar-refractivity contribution is -0.187. The van der Waals surface area contributed by atoms with Crippen molar-refractivity contribution in [1.29, 1.82) is 0 Å². The first-order chi connectivity index (χ1) is 15.1. The first kappa shape index (κ1) is 20.6. The average Bonchev–Trinajstić information content (AvgIpc) is 3.45. The summed E-state index contributed by atoms with van der Waals surface area (Å²) in [5.41, 5.74) is 0.911. The van der Waals surface area contributed by atoms with Crippen LogP contribution in [-0.4, -0.2) is 89.9 Å². The number of ether oxygens (including phenoxy) is 2. The largest absolute Gasteiger partial charge is 0.347 e. The fourth-order valence-electron chi connectivity index (χ4n) is 4.45. The number of carbonyl (C=O) groups excluding carboxylic acids is 2. The fourth-order valence-corrected chi connectivity index (χ4v) is 5.41. The van der Waals surface area contributed by atoms with Gasteiger partial charge in [-0.25, -0.2) is 9.97 Å². The molecule has 5 rings (SSSR count). The molecule has 0 unspecified atom stereocenters. The molecule has 3 aliphatic rings. The number of hydrogen-bond acceptors (Lipinski definition) is 8. The minimum atomic E-state index is -0.481. The molecular weight excluding hydrogens is 418 g/mol. The maximum Gasteiger partial charge on any atom is 0.223 e. The predicted octanol–water partition coefficient (Wildman–Crippen LogP) is 1.49. The van der Waals surface area contributed by atoms with E-state index in [0.717, 1.165) is 28.6 Å². The second-order valence-corrected chi connectivity index (χ2v) is 9.14. The van der Waals surface area contributed by atoms with Gasteiger partial charge in [0.15, 0.2) is 10.9 Å². The third-order valence-corrected chi connectivity index (χ3v) is 7.34. The summed E-state index contributed by atoms with van der Waals surface area (Å²) in [6.45, 7) is 5.30. The third-order valence-electron chi connectivity index (χ3n) is 6.30. The van der Waals surface area contributed by atoms with Gasteiger partial charge in [0.1, 0.15) is 10.3 Å². The van der Waals surface area contributed by atoms with Crippen molar-refractivity contribution >= 4 is 38.6 Å². The lowest BCUT2D eigenvalue weighted by atomic mass is 10.0. The highest BCUT2D eigenvalue weighted by molar-refractivity contribution is 7.21. The van der Waals surface area contributed by atoms with Crippen LogP contribution in [0.3, 0.4) is 0 Å². The van der Waals surface area contributed by atoms with Gasteiger partial charge in [-0.1, -0.05) is 11.3 Å².